The van der Waals surface area contributed by atoms with Gasteiger partial charge in [-0.15, -0.1) is 0 Å². The van der Waals surface area contributed by atoms with Crippen LogP contribution >= 0.6 is 0 Å². The van der Waals surface area contributed by atoms with Gasteiger partial charge in [-0.05, 0) is 37.5 Å². The Kier molecular flexibility index (Phi) is 1.80. The Hall–Kier alpha value is -1.84. The first-order valence-electron chi connectivity index (χ1n) is 5.39. The maximum atomic E-state index is 12.0. The highest BCUT2D eigenvalue weighted by atomic mass is 16.3. The van der Waals surface area contributed by atoms with Gasteiger partial charge >= 0.3 is 0 Å². The van der Waals surface area contributed by atoms with Gasteiger partial charge in [0.2, 0.25) is 0 Å². The van der Waals surface area contributed by atoms with E-state index in [0.717, 1.165) is 19.3 Å². The number of aromatic hydroxyl groups is 1. The number of carbonyl (C=O) groups excluding carboxylic acids is 2. The van der Waals surface area contributed by atoms with Gasteiger partial charge in [0.15, 0.2) is 0 Å². The summed E-state index contributed by atoms with van der Waals surface area (Å²) in [4.78, 5) is 25.3. The number of hydrogen-bond acceptors (Lipinski definition) is 3. The maximum Gasteiger partial charge on any atom is 0.261 e. The summed E-state index contributed by atoms with van der Waals surface area (Å²) in [5.74, 6) is -0.458. The highest BCUT2D eigenvalue weighted by molar-refractivity contribution is 6.21. The van der Waals surface area contributed by atoms with E-state index < -0.39 is 0 Å². The molecule has 1 aliphatic heterocycles. The van der Waals surface area contributed by atoms with Crippen LogP contribution in [0.15, 0.2) is 18.2 Å². The van der Waals surface area contributed by atoms with E-state index in [1.54, 1.807) is 0 Å². The lowest BCUT2D eigenvalue weighted by molar-refractivity contribution is 0.0506. The average Bonchev–Trinajstić information content (AvgIpc) is 2.41. The smallest absolute Gasteiger partial charge is 0.261 e. The fourth-order valence-corrected chi connectivity index (χ4v) is 2.22. The van der Waals surface area contributed by atoms with Crippen molar-refractivity contribution in [3.63, 3.8) is 0 Å². The molecule has 4 heteroatoms. The second-order valence-electron chi connectivity index (χ2n) is 4.29. The van der Waals surface area contributed by atoms with E-state index >= 15 is 0 Å². The minimum atomic E-state index is -0.263. The molecular weight excluding hydrogens is 206 g/mol. The molecule has 1 heterocycles. The molecule has 2 amide bonds. The van der Waals surface area contributed by atoms with E-state index in [1.807, 2.05) is 0 Å². The molecule has 1 fully saturated rings. The lowest BCUT2D eigenvalue weighted by atomic mass is 9.91. The second-order valence-corrected chi connectivity index (χ2v) is 4.29. The van der Waals surface area contributed by atoms with Gasteiger partial charge < -0.3 is 5.11 Å². The quantitative estimate of drug-likeness (QED) is 0.726. The van der Waals surface area contributed by atoms with Crippen LogP contribution in [0, 0.1) is 0 Å². The highest BCUT2D eigenvalue weighted by Gasteiger charge is 2.41. The van der Waals surface area contributed by atoms with Gasteiger partial charge in [-0.2, -0.15) is 0 Å². The van der Waals surface area contributed by atoms with Crippen LogP contribution in [0.2, 0.25) is 0 Å². The molecule has 16 heavy (non-hydrogen) atoms. The molecule has 3 rings (SSSR count). The van der Waals surface area contributed by atoms with E-state index in [9.17, 15) is 14.7 Å². The van der Waals surface area contributed by atoms with Crippen molar-refractivity contribution >= 4 is 11.8 Å². The summed E-state index contributed by atoms with van der Waals surface area (Å²) < 4.78 is 0. The van der Waals surface area contributed by atoms with Crippen molar-refractivity contribution in [3.8, 4) is 5.75 Å². The normalized spacial score (nSPS) is 19.9. The molecule has 0 radical (unpaired) electrons. The highest BCUT2D eigenvalue weighted by Crippen LogP contribution is 2.33. The van der Waals surface area contributed by atoms with Crippen LogP contribution in [0.3, 0.4) is 0 Å². The van der Waals surface area contributed by atoms with Crippen molar-refractivity contribution in [2.75, 3.05) is 0 Å². The average molecular weight is 217 g/mol. The van der Waals surface area contributed by atoms with Crippen molar-refractivity contribution in [3.05, 3.63) is 29.3 Å². The molecule has 0 atom stereocenters. The molecule has 2 aliphatic rings. The Morgan fingerprint density at radius 1 is 1.12 bits per heavy atom. The molecule has 0 bridgehead atoms. The monoisotopic (exact) mass is 217 g/mol. The Balaban J connectivity index is 2.05. The van der Waals surface area contributed by atoms with Crippen molar-refractivity contribution in [1.29, 1.82) is 0 Å². The summed E-state index contributed by atoms with van der Waals surface area (Å²) in [6.07, 6.45) is 2.87. The number of nitrogens with zero attached hydrogens (tertiary/aromatic N) is 1. The zero-order valence-corrected chi connectivity index (χ0v) is 8.64. The number of amides is 2. The SMILES string of the molecule is O=C1c2ccc(O)cc2C(=O)N1C1CCC1. The minimum absolute atomic E-state index is 0.0235. The molecule has 1 saturated carbocycles. The number of hydrogen-bond donors (Lipinski definition) is 1. The molecule has 4 nitrogen and oxygen atoms in total. The van der Waals surface area contributed by atoms with Gasteiger partial charge in [-0.3, -0.25) is 14.5 Å². The zero-order valence-electron chi connectivity index (χ0n) is 8.64. The van der Waals surface area contributed by atoms with Gasteiger partial charge in [-0.25, -0.2) is 0 Å². The van der Waals surface area contributed by atoms with Crippen molar-refractivity contribution in [2.24, 2.45) is 0 Å². The van der Waals surface area contributed by atoms with E-state index in [4.69, 9.17) is 0 Å². The number of fused-ring (bicyclic) bond motifs is 1. The summed E-state index contributed by atoms with van der Waals surface area (Å²) in [5, 5.41) is 9.31. The van der Waals surface area contributed by atoms with E-state index in [0.29, 0.717) is 11.1 Å². The summed E-state index contributed by atoms with van der Waals surface area (Å²) in [5.41, 5.74) is 0.742. The van der Waals surface area contributed by atoms with E-state index in [-0.39, 0.29) is 23.6 Å². The van der Waals surface area contributed by atoms with Crippen LogP contribution in [0.4, 0.5) is 0 Å². The molecule has 0 spiro atoms. The first-order valence-corrected chi connectivity index (χ1v) is 5.39. The molecule has 0 aromatic heterocycles. The third-order valence-corrected chi connectivity index (χ3v) is 3.34. The van der Waals surface area contributed by atoms with Crippen molar-refractivity contribution in [2.45, 2.75) is 25.3 Å². The third-order valence-electron chi connectivity index (χ3n) is 3.34. The van der Waals surface area contributed by atoms with Crippen LogP contribution in [0.1, 0.15) is 40.0 Å². The topological polar surface area (TPSA) is 57.6 Å². The van der Waals surface area contributed by atoms with Crippen LogP contribution in [-0.2, 0) is 0 Å². The summed E-state index contributed by atoms with van der Waals surface area (Å²) in [6, 6.07) is 4.39. The number of rotatable bonds is 1. The Bertz CT molecular complexity index is 491. The van der Waals surface area contributed by atoms with Crippen LogP contribution in [-0.4, -0.2) is 27.9 Å². The van der Waals surface area contributed by atoms with E-state index in [1.165, 1.54) is 23.1 Å². The standard InChI is InChI=1S/C12H11NO3/c14-8-4-5-9-10(6-8)12(16)13(11(9)15)7-2-1-3-7/h4-7,14H,1-3H2. The largest absolute Gasteiger partial charge is 0.508 e. The Labute approximate surface area is 92.5 Å². The molecule has 0 saturated heterocycles. The summed E-state index contributed by atoms with van der Waals surface area (Å²) in [6.45, 7) is 0. The number of imide groups is 1. The fraction of sp³-hybridized carbons (Fsp3) is 0.333. The van der Waals surface area contributed by atoms with E-state index in [2.05, 4.69) is 0 Å². The summed E-state index contributed by atoms with van der Waals surface area (Å²) >= 11 is 0. The van der Waals surface area contributed by atoms with Gasteiger partial charge in [-0.1, -0.05) is 0 Å². The van der Waals surface area contributed by atoms with Crippen molar-refractivity contribution < 1.29 is 14.7 Å². The predicted molar refractivity (Wildman–Crippen MR) is 56.2 cm³/mol. The molecular formula is C12H11NO3. The molecule has 0 unspecified atom stereocenters. The minimum Gasteiger partial charge on any atom is -0.508 e. The molecule has 82 valence electrons. The van der Waals surface area contributed by atoms with Crippen LogP contribution in [0.5, 0.6) is 5.75 Å². The predicted octanol–water partition coefficient (Wildman–Crippen LogP) is 1.54. The van der Waals surface area contributed by atoms with Gasteiger partial charge in [0.05, 0.1) is 11.1 Å². The van der Waals surface area contributed by atoms with Crippen LogP contribution in [0.25, 0.3) is 0 Å². The number of phenols is 1. The number of benzene rings is 1. The second kappa shape index (κ2) is 3.07. The summed E-state index contributed by atoms with van der Waals surface area (Å²) in [7, 11) is 0. The number of phenolic OH excluding ortho intramolecular Hbond substituents is 1. The molecule has 1 aromatic rings. The first-order chi connectivity index (χ1) is 7.68. The first kappa shape index (κ1) is 9.39. The van der Waals surface area contributed by atoms with Crippen LogP contribution < -0.4 is 0 Å². The van der Waals surface area contributed by atoms with Gasteiger partial charge in [0.25, 0.3) is 11.8 Å². The Morgan fingerprint density at radius 3 is 2.44 bits per heavy atom. The number of carbonyl (C=O) groups is 2. The van der Waals surface area contributed by atoms with Gasteiger partial charge in [0.1, 0.15) is 5.75 Å². The molecule has 1 aliphatic carbocycles. The molecule has 1 aromatic carbocycles. The lowest BCUT2D eigenvalue weighted by Crippen LogP contribution is -2.43. The maximum absolute atomic E-state index is 12.0. The molecule has 1 N–H and O–H groups in total. The zero-order chi connectivity index (χ0) is 11.3. The Morgan fingerprint density at radius 2 is 1.81 bits per heavy atom. The van der Waals surface area contributed by atoms with Crippen molar-refractivity contribution in [1.82, 2.24) is 4.90 Å². The lowest BCUT2D eigenvalue weighted by Gasteiger charge is -2.32. The fourth-order valence-electron chi connectivity index (χ4n) is 2.22. The third kappa shape index (κ3) is 1.10. The van der Waals surface area contributed by atoms with Gasteiger partial charge in [0, 0.05) is 6.04 Å².